The van der Waals surface area contributed by atoms with Crippen LogP contribution >= 0.6 is 0 Å². The van der Waals surface area contributed by atoms with Crippen molar-refractivity contribution in [1.29, 1.82) is 0 Å². The van der Waals surface area contributed by atoms with Gasteiger partial charge in [-0.15, -0.1) is 0 Å². The molecule has 2 heterocycles. The number of aromatic nitrogens is 2. The number of anilines is 1. The maximum atomic E-state index is 13.4. The lowest BCUT2D eigenvalue weighted by Gasteiger charge is -2.36. The van der Waals surface area contributed by atoms with Crippen LogP contribution in [0.2, 0.25) is 0 Å². The van der Waals surface area contributed by atoms with Crippen molar-refractivity contribution in [2.24, 2.45) is 0 Å². The summed E-state index contributed by atoms with van der Waals surface area (Å²) in [4.78, 5) is 17.7. The molecule has 1 amide bonds. The minimum Gasteiger partial charge on any atom is -0.368 e. The van der Waals surface area contributed by atoms with Gasteiger partial charge >= 0.3 is 0 Å². The van der Waals surface area contributed by atoms with E-state index in [4.69, 9.17) is 5.10 Å². The van der Waals surface area contributed by atoms with Crippen LogP contribution in [-0.2, 0) is 0 Å². The Labute approximate surface area is 171 Å². The van der Waals surface area contributed by atoms with Crippen LogP contribution in [0.4, 0.5) is 5.69 Å². The van der Waals surface area contributed by atoms with E-state index in [1.165, 1.54) is 24.1 Å². The molecule has 1 saturated heterocycles. The number of carbonyl (C=O) groups excluding carboxylic acids is 1. The number of nitrogens with zero attached hydrogens (tertiary/aromatic N) is 4. The van der Waals surface area contributed by atoms with E-state index in [-0.39, 0.29) is 5.91 Å². The maximum Gasteiger partial charge on any atom is 0.272 e. The number of piperazine rings is 1. The van der Waals surface area contributed by atoms with Crippen LogP contribution in [0.25, 0.3) is 5.69 Å². The molecule has 3 aromatic rings. The van der Waals surface area contributed by atoms with Crippen molar-refractivity contribution >= 4 is 11.6 Å². The molecular weight excluding hydrogens is 360 g/mol. The molecule has 0 atom stereocenters. The summed E-state index contributed by atoms with van der Waals surface area (Å²) < 4.78 is 1.84. The molecule has 0 radical (unpaired) electrons. The summed E-state index contributed by atoms with van der Waals surface area (Å²) in [6, 6.07) is 20.6. The highest BCUT2D eigenvalue weighted by Gasteiger charge is 2.31. The summed E-state index contributed by atoms with van der Waals surface area (Å²) in [6.07, 6.45) is 2.35. The van der Waals surface area contributed by atoms with Gasteiger partial charge in [-0.3, -0.25) is 4.79 Å². The average molecular weight is 386 g/mol. The van der Waals surface area contributed by atoms with Crippen molar-refractivity contribution < 1.29 is 4.79 Å². The van der Waals surface area contributed by atoms with E-state index in [0.29, 0.717) is 11.6 Å². The molecule has 0 spiro atoms. The SMILES string of the molecule is Cc1cccc(N2CCN(C(=O)c3cc(C4CC4)nn3-c3ccccc3)CC2)c1. The van der Waals surface area contributed by atoms with Crippen molar-refractivity contribution in [3.05, 3.63) is 77.6 Å². The van der Waals surface area contributed by atoms with Crippen molar-refractivity contribution in [3.8, 4) is 5.69 Å². The lowest BCUT2D eigenvalue weighted by atomic mass is 10.2. The number of benzene rings is 2. The molecule has 2 aliphatic rings. The highest BCUT2D eigenvalue weighted by Crippen LogP contribution is 2.40. The highest BCUT2D eigenvalue weighted by atomic mass is 16.2. The van der Waals surface area contributed by atoms with Crippen molar-refractivity contribution in [2.75, 3.05) is 31.1 Å². The number of hydrogen-bond acceptors (Lipinski definition) is 3. The molecule has 1 saturated carbocycles. The van der Waals surface area contributed by atoms with Gasteiger partial charge in [-0.1, -0.05) is 30.3 Å². The van der Waals surface area contributed by atoms with Gasteiger partial charge in [0, 0.05) is 37.8 Å². The minimum absolute atomic E-state index is 0.0807. The van der Waals surface area contributed by atoms with Crippen molar-refractivity contribution in [1.82, 2.24) is 14.7 Å². The van der Waals surface area contributed by atoms with Gasteiger partial charge in [0.1, 0.15) is 5.69 Å². The zero-order valence-electron chi connectivity index (χ0n) is 16.8. The predicted molar refractivity (Wildman–Crippen MR) is 115 cm³/mol. The fourth-order valence-corrected chi connectivity index (χ4v) is 4.05. The molecule has 5 nitrogen and oxygen atoms in total. The number of hydrogen-bond donors (Lipinski definition) is 0. The standard InChI is InChI=1S/C24H26N4O/c1-18-6-5-9-21(16-18)26-12-14-27(15-13-26)24(29)23-17-22(19-10-11-19)25-28(23)20-7-3-2-4-8-20/h2-9,16-17,19H,10-15H2,1H3. The first-order valence-corrected chi connectivity index (χ1v) is 10.5. The van der Waals surface area contributed by atoms with E-state index in [2.05, 4.69) is 36.1 Å². The quantitative estimate of drug-likeness (QED) is 0.680. The monoisotopic (exact) mass is 386 g/mol. The summed E-state index contributed by atoms with van der Waals surface area (Å²) in [5.74, 6) is 0.599. The molecule has 1 aromatic heterocycles. The van der Waals surface area contributed by atoms with E-state index < -0.39 is 0 Å². The van der Waals surface area contributed by atoms with Crippen LogP contribution in [0.1, 0.15) is 40.5 Å². The Balaban J connectivity index is 1.36. The Morgan fingerprint density at radius 3 is 2.31 bits per heavy atom. The normalized spacial score (nSPS) is 16.9. The fourth-order valence-electron chi connectivity index (χ4n) is 4.05. The van der Waals surface area contributed by atoms with Gasteiger partial charge in [0.2, 0.25) is 0 Å². The summed E-state index contributed by atoms with van der Waals surface area (Å²) in [6.45, 7) is 5.27. The van der Waals surface area contributed by atoms with Crippen LogP contribution in [-0.4, -0.2) is 46.8 Å². The molecule has 2 fully saturated rings. The number of amides is 1. The summed E-state index contributed by atoms with van der Waals surface area (Å²) in [7, 11) is 0. The Bertz CT molecular complexity index is 1010. The summed E-state index contributed by atoms with van der Waals surface area (Å²) >= 11 is 0. The Hall–Kier alpha value is -3.08. The van der Waals surface area contributed by atoms with Gasteiger partial charge in [-0.05, 0) is 55.7 Å². The summed E-state index contributed by atoms with van der Waals surface area (Å²) in [5.41, 5.74) is 5.18. The van der Waals surface area contributed by atoms with E-state index >= 15 is 0 Å². The van der Waals surface area contributed by atoms with Gasteiger partial charge < -0.3 is 9.80 Å². The van der Waals surface area contributed by atoms with E-state index in [0.717, 1.165) is 37.6 Å². The Morgan fingerprint density at radius 1 is 0.897 bits per heavy atom. The van der Waals surface area contributed by atoms with Crippen LogP contribution in [0.15, 0.2) is 60.7 Å². The van der Waals surface area contributed by atoms with Gasteiger partial charge in [0.25, 0.3) is 5.91 Å². The molecule has 1 aliphatic heterocycles. The van der Waals surface area contributed by atoms with Crippen molar-refractivity contribution in [2.45, 2.75) is 25.7 Å². The lowest BCUT2D eigenvalue weighted by Crippen LogP contribution is -2.49. The average Bonchev–Trinajstić information content (AvgIpc) is 3.52. The van der Waals surface area contributed by atoms with Gasteiger partial charge in [0.05, 0.1) is 11.4 Å². The van der Waals surface area contributed by atoms with Crippen molar-refractivity contribution in [3.63, 3.8) is 0 Å². The molecule has 29 heavy (non-hydrogen) atoms. The largest absolute Gasteiger partial charge is 0.368 e. The molecule has 2 aromatic carbocycles. The molecule has 1 aliphatic carbocycles. The van der Waals surface area contributed by atoms with Crippen LogP contribution in [0, 0.1) is 6.92 Å². The number of carbonyl (C=O) groups is 1. The molecule has 0 unspecified atom stereocenters. The number of aryl methyl sites for hydroxylation is 1. The molecule has 5 heteroatoms. The third-order valence-electron chi connectivity index (χ3n) is 5.88. The van der Waals surface area contributed by atoms with Crippen LogP contribution in [0.5, 0.6) is 0 Å². The van der Waals surface area contributed by atoms with Crippen LogP contribution < -0.4 is 4.90 Å². The first-order chi connectivity index (χ1) is 14.2. The fraction of sp³-hybridized carbons (Fsp3) is 0.333. The molecular formula is C24H26N4O. The number of para-hydroxylation sites is 1. The molecule has 0 N–H and O–H groups in total. The smallest absolute Gasteiger partial charge is 0.272 e. The van der Waals surface area contributed by atoms with E-state index in [1.807, 2.05) is 46.0 Å². The highest BCUT2D eigenvalue weighted by molar-refractivity contribution is 5.93. The molecule has 148 valence electrons. The molecule has 5 rings (SSSR count). The zero-order chi connectivity index (χ0) is 19.8. The van der Waals surface area contributed by atoms with E-state index in [1.54, 1.807) is 0 Å². The second kappa shape index (κ2) is 7.39. The summed E-state index contributed by atoms with van der Waals surface area (Å²) in [5, 5.41) is 4.79. The first-order valence-electron chi connectivity index (χ1n) is 10.5. The second-order valence-corrected chi connectivity index (χ2v) is 8.09. The van der Waals surface area contributed by atoms with Crippen LogP contribution in [0.3, 0.4) is 0 Å². The van der Waals surface area contributed by atoms with E-state index in [9.17, 15) is 4.79 Å². The maximum absolute atomic E-state index is 13.4. The zero-order valence-corrected chi connectivity index (χ0v) is 16.8. The predicted octanol–water partition coefficient (Wildman–Crippen LogP) is 4.02. The molecule has 0 bridgehead atoms. The first kappa shape index (κ1) is 18.0. The minimum atomic E-state index is 0.0807. The lowest BCUT2D eigenvalue weighted by molar-refractivity contribution is 0.0737. The third kappa shape index (κ3) is 3.65. The van der Waals surface area contributed by atoms with Gasteiger partial charge in [-0.2, -0.15) is 5.10 Å². The Kier molecular flexibility index (Phi) is 4.58. The Morgan fingerprint density at radius 2 is 1.62 bits per heavy atom. The third-order valence-corrected chi connectivity index (χ3v) is 5.88. The topological polar surface area (TPSA) is 41.4 Å². The number of rotatable bonds is 4. The van der Waals surface area contributed by atoms with Gasteiger partial charge in [0.15, 0.2) is 0 Å². The second-order valence-electron chi connectivity index (χ2n) is 8.09. The van der Waals surface area contributed by atoms with Gasteiger partial charge in [-0.25, -0.2) is 4.68 Å².